The molecule has 96 valence electrons. The standard InChI is InChI=1S/C13H15ClN2O2/c1-18-9-4-3-8(14)10-11(9)16-12(17)13(10)5-2-6-15-7-13/h3-4,15H,2,5-7H2,1H3,(H,16,17). The summed E-state index contributed by atoms with van der Waals surface area (Å²) >= 11 is 6.31. The summed E-state index contributed by atoms with van der Waals surface area (Å²) in [5.74, 6) is 0.696. The second-order valence-corrected chi connectivity index (χ2v) is 5.22. The third kappa shape index (κ3) is 1.45. The van der Waals surface area contributed by atoms with E-state index in [1.165, 1.54) is 0 Å². The SMILES string of the molecule is COc1ccc(Cl)c2c1NC(=O)C21CCCNC1. The van der Waals surface area contributed by atoms with E-state index < -0.39 is 5.41 Å². The molecule has 0 aromatic heterocycles. The van der Waals surface area contributed by atoms with Gasteiger partial charge in [-0.1, -0.05) is 11.6 Å². The summed E-state index contributed by atoms with van der Waals surface area (Å²) in [6.45, 7) is 1.59. The molecule has 3 rings (SSSR count). The molecule has 2 N–H and O–H groups in total. The van der Waals surface area contributed by atoms with Gasteiger partial charge < -0.3 is 15.4 Å². The van der Waals surface area contributed by atoms with Crippen molar-refractivity contribution in [3.05, 3.63) is 22.7 Å². The predicted molar refractivity (Wildman–Crippen MR) is 70.4 cm³/mol. The molecule has 1 aromatic carbocycles. The zero-order chi connectivity index (χ0) is 12.8. The lowest BCUT2D eigenvalue weighted by atomic mass is 9.75. The van der Waals surface area contributed by atoms with Crippen molar-refractivity contribution in [3.8, 4) is 5.75 Å². The minimum Gasteiger partial charge on any atom is -0.495 e. The third-order valence-electron chi connectivity index (χ3n) is 3.87. The van der Waals surface area contributed by atoms with Crippen molar-refractivity contribution in [2.75, 3.05) is 25.5 Å². The number of nitrogens with one attached hydrogen (secondary N) is 2. The summed E-state index contributed by atoms with van der Waals surface area (Å²) in [5.41, 5.74) is 1.10. The minimum absolute atomic E-state index is 0.0242. The monoisotopic (exact) mass is 266 g/mol. The largest absolute Gasteiger partial charge is 0.495 e. The van der Waals surface area contributed by atoms with E-state index in [2.05, 4.69) is 10.6 Å². The quantitative estimate of drug-likeness (QED) is 0.817. The van der Waals surface area contributed by atoms with Gasteiger partial charge in [0.2, 0.25) is 5.91 Å². The molecule has 18 heavy (non-hydrogen) atoms. The molecule has 0 saturated carbocycles. The summed E-state index contributed by atoms with van der Waals surface area (Å²) in [5, 5.41) is 6.86. The molecule has 2 aliphatic rings. The van der Waals surface area contributed by atoms with E-state index in [0.29, 0.717) is 17.3 Å². The molecule has 1 spiro atoms. The summed E-state index contributed by atoms with van der Waals surface area (Å²) in [6.07, 6.45) is 1.80. The Hall–Kier alpha value is -1.26. The van der Waals surface area contributed by atoms with Gasteiger partial charge in [0.1, 0.15) is 5.75 Å². The van der Waals surface area contributed by atoms with Gasteiger partial charge in [-0.05, 0) is 31.5 Å². The molecule has 2 aliphatic heterocycles. The summed E-state index contributed by atoms with van der Waals surface area (Å²) in [6, 6.07) is 3.59. The Kier molecular flexibility index (Phi) is 2.72. The molecule has 1 atom stereocenters. The van der Waals surface area contributed by atoms with Gasteiger partial charge in [0, 0.05) is 17.1 Å². The number of carbonyl (C=O) groups excluding carboxylic acids is 1. The van der Waals surface area contributed by atoms with Crippen LogP contribution in [0.5, 0.6) is 5.75 Å². The number of halogens is 1. The van der Waals surface area contributed by atoms with Gasteiger partial charge in [0.05, 0.1) is 18.2 Å². The van der Waals surface area contributed by atoms with Gasteiger partial charge >= 0.3 is 0 Å². The summed E-state index contributed by atoms with van der Waals surface area (Å²) in [4.78, 5) is 12.4. The fourth-order valence-corrected chi connectivity index (χ4v) is 3.32. The molecule has 1 unspecified atom stereocenters. The first-order valence-electron chi connectivity index (χ1n) is 6.08. The van der Waals surface area contributed by atoms with Crippen LogP contribution < -0.4 is 15.4 Å². The maximum Gasteiger partial charge on any atom is 0.236 e. The number of piperidine rings is 1. The van der Waals surface area contributed by atoms with E-state index in [9.17, 15) is 4.79 Å². The average Bonchev–Trinajstić information content (AvgIpc) is 2.66. The van der Waals surface area contributed by atoms with Crippen LogP contribution in [0.15, 0.2) is 12.1 Å². The summed E-state index contributed by atoms with van der Waals surface area (Å²) in [7, 11) is 1.60. The fourth-order valence-electron chi connectivity index (χ4n) is 2.98. The Morgan fingerprint density at radius 1 is 1.44 bits per heavy atom. The predicted octanol–water partition coefficient (Wildman–Crippen LogP) is 1.92. The van der Waals surface area contributed by atoms with Crippen molar-refractivity contribution in [2.24, 2.45) is 0 Å². The van der Waals surface area contributed by atoms with Gasteiger partial charge in [0.25, 0.3) is 0 Å². The highest BCUT2D eigenvalue weighted by molar-refractivity contribution is 6.33. The maximum atomic E-state index is 12.4. The van der Waals surface area contributed by atoms with Gasteiger partial charge in [-0.2, -0.15) is 0 Å². The molecule has 1 aromatic rings. The van der Waals surface area contributed by atoms with Crippen molar-refractivity contribution in [2.45, 2.75) is 18.3 Å². The molecule has 1 amide bonds. The lowest BCUT2D eigenvalue weighted by Gasteiger charge is -2.32. The number of carbonyl (C=O) groups is 1. The first-order chi connectivity index (χ1) is 8.69. The number of fused-ring (bicyclic) bond motifs is 2. The van der Waals surface area contributed by atoms with Crippen molar-refractivity contribution >= 4 is 23.2 Å². The first kappa shape index (κ1) is 11.8. The molecular formula is C13H15ClN2O2. The van der Waals surface area contributed by atoms with Gasteiger partial charge in [0.15, 0.2) is 0 Å². The highest BCUT2D eigenvalue weighted by atomic mass is 35.5. The van der Waals surface area contributed by atoms with E-state index in [0.717, 1.165) is 30.6 Å². The van der Waals surface area contributed by atoms with Crippen molar-refractivity contribution in [1.82, 2.24) is 5.32 Å². The van der Waals surface area contributed by atoms with Crippen LogP contribution in [0.2, 0.25) is 5.02 Å². The number of amides is 1. The lowest BCUT2D eigenvalue weighted by molar-refractivity contribution is -0.121. The molecule has 5 heteroatoms. The van der Waals surface area contributed by atoms with Gasteiger partial charge in [-0.15, -0.1) is 0 Å². The number of hydrogen-bond donors (Lipinski definition) is 2. The molecule has 2 heterocycles. The highest BCUT2D eigenvalue weighted by Gasteiger charge is 2.49. The van der Waals surface area contributed by atoms with Crippen LogP contribution in [0.25, 0.3) is 0 Å². The maximum absolute atomic E-state index is 12.4. The Morgan fingerprint density at radius 3 is 2.94 bits per heavy atom. The zero-order valence-electron chi connectivity index (χ0n) is 10.2. The number of rotatable bonds is 1. The molecular weight excluding hydrogens is 252 g/mol. The number of hydrogen-bond acceptors (Lipinski definition) is 3. The smallest absolute Gasteiger partial charge is 0.236 e. The zero-order valence-corrected chi connectivity index (χ0v) is 10.9. The van der Waals surface area contributed by atoms with Crippen LogP contribution >= 0.6 is 11.6 Å². The first-order valence-corrected chi connectivity index (χ1v) is 6.46. The molecule has 0 radical (unpaired) electrons. The fraction of sp³-hybridized carbons (Fsp3) is 0.462. The van der Waals surface area contributed by atoms with Crippen LogP contribution in [0.4, 0.5) is 5.69 Å². The van der Waals surface area contributed by atoms with E-state index >= 15 is 0 Å². The van der Waals surface area contributed by atoms with E-state index in [1.807, 2.05) is 0 Å². The summed E-state index contributed by atoms with van der Waals surface area (Å²) < 4.78 is 5.30. The molecule has 1 fully saturated rings. The normalized spacial score (nSPS) is 26.0. The number of benzene rings is 1. The van der Waals surface area contributed by atoms with Crippen LogP contribution in [0, 0.1) is 0 Å². The Balaban J connectivity index is 2.19. The topological polar surface area (TPSA) is 50.4 Å². The van der Waals surface area contributed by atoms with Gasteiger partial charge in [-0.3, -0.25) is 4.79 Å². The molecule has 1 saturated heterocycles. The Bertz CT molecular complexity index is 510. The second-order valence-electron chi connectivity index (χ2n) is 4.82. The molecule has 0 bridgehead atoms. The molecule has 0 aliphatic carbocycles. The van der Waals surface area contributed by atoms with Crippen molar-refractivity contribution in [3.63, 3.8) is 0 Å². The Labute approximate surface area is 111 Å². The lowest BCUT2D eigenvalue weighted by Crippen LogP contribution is -2.48. The minimum atomic E-state index is -0.529. The van der Waals surface area contributed by atoms with Crippen molar-refractivity contribution < 1.29 is 9.53 Å². The van der Waals surface area contributed by atoms with Crippen LogP contribution in [-0.2, 0) is 10.2 Å². The van der Waals surface area contributed by atoms with E-state index in [-0.39, 0.29) is 5.91 Å². The van der Waals surface area contributed by atoms with Crippen LogP contribution in [0.3, 0.4) is 0 Å². The number of anilines is 1. The number of ether oxygens (including phenoxy) is 1. The Morgan fingerprint density at radius 2 is 2.28 bits per heavy atom. The molecule has 4 nitrogen and oxygen atoms in total. The third-order valence-corrected chi connectivity index (χ3v) is 4.19. The van der Waals surface area contributed by atoms with Gasteiger partial charge in [-0.25, -0.2) is 0 Å². The number of methoxy groups -OCH3 is 1. The van der Waals surface area contributed by atoms with Crippen LogP contribution in [0.1, 0.15) is 18.4 Å². The average molecular weight is 267 g/mol. The van der Waals surface area contributed by atoms with E-state index in [1.54, 1.807) is 19.2 Å². The second kappa shape index (κ2) is 4.14. The highest BCUT2D eigenvalue weighted by Crippen LogP contribution is 2.49. The van der Waals surface area contributed by atoms with E-state index in [4.69, 9.17) is 16.3 Å². The van der Waals surface area contributed by atoms with Crippen molar-refractivity contribution in [1.29, 1.82) is 0 Å². The van der Waals surface area contributed by atoms with Crippen LogP contribution in [-0.4, -0.2) is 26.1 Å².